The minimum Gasteiger partial charge on any atom is -0.347 e. The van der Waals surface area contributed by atoms with E-state index in [9.17, 15) is 4.79 Å². The zero-order chi connectivity index (χ0) is 16.4. The van der Waals surface area contributed by atoms with Crippen molar-refractivity contribution in [1.82, 2.24) is 5.32 Å². The van der Waals surface area contributed by atoms with E-state index in [2.05, 4.69) is 23.7 Å². The van der Waals surface area contributed by atoms with E-state index >= 15 is 0 Å². The number of halogens is 2. The van der Waals surface area contributed by atoms with Crippen molar-refractivity contribution in [2.45, 2.75) is 25.9 Å². The monoisotopic (exact) mass is 369 g/mol. The number of quaternary nitrogens is 1. The molecule has 0 bridgehead atoms. The van der Waals surface area contributed by atoms with Crippen LogP contribution in [-0.4, -0.2) is 19.0 Å². The van der Waals surface area contributed by atoms with Gasteiger partial charge in [0, 0.05) is 33.5 Å². The molecule has 2 N–H and O–H groups in total. The molecule has 2 heterocycles. The van der Waals surface area contributed by atoms with E-state index in [1.165, 1.54) is 15.3 Å². The van der Waals surface area contributed by atoms with Crippen molar-refractivity contribution in [2.75, 3.05) is 13.1 Å². The Hall–Kier alpha value is -1.07. The van der Waals surface area contributed by atoms with Gasteiger partial charge in [0.1, 0.15) is 6.04 Å². The number of hydrogen-bond donors (Lipinski definition) is 2. The molecule has 0 aliphatic carbocycles. The summed E-state index contributed by atoms with van der Waals surface area (Å²) in [6.07, 6.45) is 1.06. The summed E-state index contributed by atoms with van der Waals surface area (Å²) in [5.74, 6) is 0.0524. The Balaban J connectivity index is 1.56. The summed E-state index contributed by atoms with van der Waals surface area (Å²) in [6, 6.07) is 7.88. The van der Waals surface area contributed by atoms with Crippen LogP contribution in [0.2, 0.25) is 10.0 Å². The van der Waals surface area contributed by atoms with Crippen LogP contribution >= 0.6 is 34.5 Å². The highest BCUT2D eigenvalue weighted by atomic mass is 35.5. The fourth-order valence-corrected chi connectivity index (χ4v) is 4.47. The van der Waals surface area contributed by atoms with Crippen LogP contribution in [0.25, 0.3) is 0 Å². The first kappa shape index (κ1) is 16.8. The number of thiophene rings is 1. The van der Waals surface area contributed by atoms with Crippen LogP contribution < -0.4 is 10.2 Å². The molecule has 1 aliphatic heterocycles. The lowest BCUT2D eigenvalue weighted by Gasteiger charge is -2.29. The summed E-state index contributed by atoms with van der Waals surface area (Å²) in [6.45, 7) is 4.12. The van der Waals surface area contributed by atoms with Crippen LogP contribution in [-0.2, 0) is 17.8 Å². The second-order valence-electron chi connectivity index (χ2n) is 5.87. The third-order valence-electron chi connectivity index (χ3n) is 4.41. The number of hydrogen-bond acceptors (Lipinski definition) is 2. The molecule has 122 valence electrons. The summed E-state index contributed by atoms with van der Waals surface area (Å²) in [4.78, 5) is 15.0. The van der Waals surface area contributed by atoms with Gasteiger partial charge in [-0.1, -0.05) is 29.3 Å². The summed E-state index contributed by atoms with van der Waals surface area (Å²) in [5, 5.41) is 6.29. The Morgan fingerprint density at radius 2 is 2.22 bits per heavy atom. The number of benzene rings is 1. The van der Waals surface area contributed by atoms with Gasteiger partial charge in [-0.3, -0.25) is 4.79 Å². The maximum atomic E-state index is 12.3. The normalized spacial score (nSPS) is 20.1. The third-order valence-corrected chi connectivity index (χ3v) is 5.99. The van der Waals surface area contributed by atoms with Gasteiger partial charge in [-0.05, 0) is 36.1 Å². The fraction of sp³-hybridized carbons (Fsp3) is 0.353. The molecule has 6 heteroatoms. The largest absolute Gasteiger partial charge is 0.347 e. The van der Waals surface area contributed by atoms with E-state index in [4.69, 9.17) is 23.2 Å². The molecule has 1 aromatic heterocycles. The number of carbonyl (C=O) groups is 1. The number of amides is 1. The molecule has 0 saturated heterocycles. The van der Waals surface area contributed by atoms with Gasteiger partial charge in [0.2, 0.25) is 0 Å². The van der Waals surface area contributed by atoms with Crippen molar-refractivity contribution < 1.29 is 9.69 Å². The summed E-state index contributed by atoms with van der Waals surface area (Å²) < 4.78 is 0. The Labute approximate surface area is 150 Å². The van der Waals surface area contributed by atoms with Gasteiger partial charge in [0.15, 0.2) is 6.54 Å². The molecule has 3 nitrogen and oxygen atoms in total. The molecule has 2 aromatic rings. The summed E-state index contributed by atoms with van der Waals surface area (Å²) >= 11 is 13.8. The van der Waals surface area contributed by atoms with Gasteiger partial charge in [-0.2, -0.15) is 0 Å². The molecular weight excluding hydrogens is 351 g/mol. The average Bonchev–Trinajstić information content (AvgIpc) is 2.98. The highest BCUT2D eigenvalue weighted by Crippen LogP contribution is 2.24. The summed E-state index contributed by atoms with van der Waals surface area (Å²) in [7, 11) is 0. The van der Waals surface area contributed by atoms with Gasteiger partial charge in [-0.25, -0.2) is 0 Å². The lowest BCUT2D eigenvalue weighted by Crippen LogP contribution is -3.14. The quantitative estimate of drug-likeness (QED) is 0.853. The molecule has 1 unspecified atom stereocenters. The van der Waals surface area contributed by atoms with Crippen LogP contribution in [0.1, 0.15) is 29.0 Å². The van der Waals surface area contributed by atoms with Crippen molar-refractivity contribution in [3.05, 3.63) is 55.7 Å². The first-order valence-electron chi connectivity index (χ1n) is 7.66. The number of fused-ring (bicyclic) bond motifs is 1. The first-order valence-corrected chi connectivity index (χ1v) is 9.29. The SMILES string of the molecule is C[C@H]1c2ccsc2CC[NH+]1CC(=O)NCc1ccc(Cl)cc1Cl. The second-order valence-corrected chi connectivity index (χ2v) is 7.71. The molecule has 0 fully saturated rings. The fourth-order valence-electron chi connectivity index (χ4n) is 3.02. The van der Waals surface area contributed by atoms with Gasteiger partial charge in [0.05, 0.1) is 6.54 Å². The standard InChI is InChI=1S/C17H18Cl2N2OS/c1-11-14-5-7-23-16(14)4-6-21(11)10-17(22)20-9-12-2-3-13(18)8-15(12)19/h2-3,5,7-8,11H,4,6,9-10H2,1H3,(H,20,22)/p+1/t11-/m0/s1. The number of rotatable bonds is 4. The van der Waals surface area contributed by atoms with E-state index in [0.717, 1.165) is 18.5 Å². The molecule has 1 amide bonds. The zero-order valence-corrected chi connectivity index (χ0v) is 15.2. The molecule has 3 rings (SSSR count). The number of nitrogens with one attached hydrogen (secondary N) is 2. The van der Waals surface area contributed by atoms with Crippen LogP contribution in [0.15, 0.2) is 29.6 Å². The van der Waals surface area contributed by atoms with Gasteiger partial charge >= 0.3 is 0 Å². The Bertz CT molecular complexity index is 716. The lowest BCUT2D eigenvalue weighted by molar-refractivity contribution is -0.924. The maximum Gasteiger partial charge on any atom is 0.275 e. The first-order chi connectivity index (χ1) is 11.0. The molecule has 0 spiro atoms. The van der Waals surface area contributed by atoms with E-state index in [1.807, 2.05) is 17.4 Å². The minimum atomic E-state index is 0.0524. The smallest absolute Gasteiger partial charge is 0.275 e. The van der Waals surface area contributed by atoms with E-state index in [1.54, 1.807) is 12.1 Å². The van der Waals surface area contributed by atoms with Gasteiger partial charge in [-0.15, -0.1) is 11.3 Å². The minimum absolute atomic E-state index is 0.0524. The lowest BCUT2D eigenvalue weighted by atomic mass is 10.0. The molecule has 0 saturated carbocycles. The molecule has 0 radical (unpaired) electrons. The van der Waals surface area contributed by atoms with E-state index in [-0.39, 0.29) is 5.91 Å². The molecule has 1 aromatic carbocycles. The highest BCUT2D eigenvalue weighted by Gasteiger charge is 2.29. The van der Waals surface area contributed by atoms with Crippen molar-refractivity contribution in [2.24, 2.45) is 0 Å². The van der Waals surface area contributed by atoms with Crippen LogP contribution in [0.4, 0.5) is 0 Å². The maximum absolute atomic E-state index is 12.3. The molecular formula is C17H19Cl2N2OS+. The Morgan fingerprint density at radius 3 is 3.00 bits per heavy atom. The summed E-state index contributed by atoms with van der Waals surface area (Å²) in [5.41, 5.74) is 2.27. The predicted octanol–water partition coefficient (Wildman–Crippen LogP) is 2.87. The average molecular weight is 370 g/mol. The topological polar surface area (TPSA) is 33.5 Å². The Morgan fingerprint density at radius 1 is 1.39 bits per heavy atom. The van der Waals surface area contributed by atoms with Crippen LogP contribution in [0.5, 0.6) is 0 Å². The van der Waals surface area contributed by atoms with Crippen molar-refractivity contribution in [3.63, 3.8) is 0 Å². The van der Waals surface area contributed by atoms with Crippen LogP contribution in [0.3, 0.4) is 0 Å². The predicted molar refractivity (Wildman–Crippen MR) is 95.4 cm³/mol. The second kappa shape index (κ2) is 7.22. The van der Waals surface area contributed by atoms with Crippen LogP contribution in [0, 0.1) is 0 Å². The van der Waals surface area contributed by atoms with E-state index < -0.39 is 0 Å². The molecule has 1 aliphatic rings. The molecule has 23 heavy (non-hydrogen) atoms. The number of carbonyl (C=O) groups excluding carboxylic acids is 1. The highest BCUT2D eigenvalue weighted by molar-refractivity contribution is 7.10. The van der Waals surface area contributed by atoms with Gasteiger partial charge < -0.3 is 10.2 Å². The van der Waals surface area contributed by atoms with Gasteiger partial charge in [0.25, 0.3) is 5.91 Å². The van der Waals surface area contributed by atoms with Crippen molar-refractivity contribution in [1.29, 1.82) is 0 Å². The Kier molecular flexibility index (Phi) is 5.27. The third kappa shape index (κ3) is 3.89. The zero-order valence-electron chi connectivity index (χ0n) is 12.9. The van der Waals surface area contributed by atoms with Crippen molar-refractivity contribution in [3.8, 4) is 0 Å². The molecule has 2 atom stereocenters. The van der Waals surface area contributed by atoms with E-state index in [0.29, 0.717) is 29.2 Å². The van der Waals surface area contributed by atoms with Crippen molar-refractivity contribution >= 4 is 40.4 Å².